The Morgan fingerprint density at radius 2 is 1.70 bits per heavy atom. The van der Waals surface area contributed by atoms with Gasteiger partial charge in [-0.15, -0.1) is 0 Å². The second kappa shape index (κ2) is 6.84. The molecular formula is C18H17NO7S. The number of carbonyl (C=O) groups is 1. The zero-order valence-electron chi connectivity index (χ0n) is 14.3. The van der Waals surface area contributed by atoms with Crippen LogP contribution in [-0.4, -0.2) is 56.9 Å². The van der Waals surface area contributed by atoms with Crippen LogP contribution in [0.2, 0.25) is 0 Å². The summed E-state index contributed by atoms with van der Waals surface area (Å²) in [4.78, 5) is 11.5. The van der Waals surface area contributed by atoms with E-state index < -0.39 is 16.0 Å². The van der Waals surface area contributed by atoms with Gasteiger partial charge in [0.2, 0.25) is 16.8 Å². The first-order chi connectivity index (χ1) is 12.9. The van der Waals surface area contributed by atoms with E-state index in [0.717, 1.165) is 0 Å². The van der Waals surface area contributed by atoms with Crippen LogP contribution in [0.5, 0.6) is 11.5 Å². The lowest BCUT2D eigenvalue weighted by Crippen LogP contribution is -2.40. The monoisotopic (exact) mass is 391 g/mol. The van der Waals surface area contributed by atoms with E-state index in [9.17, 15) is 18.3 Å². The van der Waals surface area contributed by atoms with Gasteiger partial charge in [0, 0.05) is 13.1 Å². The summed E-state index contributed by atoms with van der Waals surface area (Å²) in [6, 6.07) is 9.26. The van der Waals surface area contributed by atoms with E-state index in [1.54, 1.807) is 18.2 Å². The van der Waals surface area contributed by atoms with Gasteiger partial charge in [-0.25, -0.2) is 13.2 Å². The lowest BCUT2D eigenvalue weighted by molar-refractivity contribution is 0.0696. The first kappa shape index (κ1) is 17.8. The van der Waals surface area contributed by atoms with E-state index in [1.165, 1.54) is 22.5 Å². The predicted octanol–water partition coefficient (Wildman–Crippen LogP) is 1.80. The molecule has 4 rings (SSSR count). The molecule has 9 heteroatoms. The van der Waals surface area contributed by atoms with Gasteiger partial charge in [-0.3, -0.25) is 0 Å². The van der Waals surface area contributed by atoms with E-state index in [0.29, 0.717) is 35.8 Å². The molecule has 2 aromatic rings. The molecule has 0 saturated carbocycles. The van der Waals surface area contributed by atoms with Crippen molar-refractivity contribution >= 4 is 16.0 Å². The maximum Gasteiger partial charge on any atom is 0.335 e. The standard InChI is InChI=1S/C18H17NO7S/c20-18(21)14-7-13(12-1-2-16-17(10-12)26-11-25-16)8-15(9-14)27(22,23)19-3-5-24-6-4-19/h1-2,7-10H,3-6,11H2,(H,20,21). The fourth-order valence-corrected chi connectivity index (χ4v) is 4.53. The largest absolute Gasteiger partial charge is 0.478 e. The molecule has 0 bridgehead atoms. The minimum Gasteiger partial charge on any atom is -0.478 e. The first-order valence-electron chi connectivity index (χ1n) is 8.31. The van der Waals surface area contributed by atoms with Gasteiger partial charge in [-0.1, -0.05) is 6.07 Å². The van der Waals surface area contributed by atoms with Crippen molar-refractivity contribution in [1.82, 2.24) is 4.31 Å². The summed E-state index contributed by atoms with van der Waals surface area (Å²) in [5, 5.41) is 9.44. The zero-order valence-corrected chi connectivity index (χ0v) is 15.1. The van der Waals surface area contributed by atoms with Gasteiger partial charge in [-0.2, -0.15) is 4.31 Å². The van der Waals surface area contributed by atoms with Crippen LogP contribution >= 0.6 is 0 Å². The Bertz CT molecular complexity index is 997. The SMILES string of the molecule is O=C(O)c1cc(-c2ccc3c(c2)OCO3)cc(S(=O)(=O)N2CCOCC2)c1. The molecule has 1 fully saturated rings. The van der Waals surface area contributed by atoms with Crippen LogP contribution in [0.25, 0.3) is 11.1 Å². The van der Waals surface area contributed by atoms with Gasteiger partial charge in [0.25, 0.3) is 0 Å². The molecule has 1 saturated heterocycles. The van der Waals surface area contributed by atoms with Crippen molar-refractivity contribution in [3.05, 3.63) is 42.0 Å². The van der Waals surface area contributed by atoms with Gasteiger partial charge in [-0.05, 0) is 41.5 Å². The van der Waals surface area contributed by atoms with Crippen molar-refractivity contribution in [2.75, 3.05) is 33.1 Å². The zero-order chi connectivity index (χ0) is 19.0. The quantitative estimate of drug-likeness (QED) is 0.848. The summed E-state index contributed by atoms with van der Waals surface area (Å²) < 4.78 is 43.1. The van der Waals surface area contributed by atoms with Crippen LogP contribution in [0, 0.1) is 0 Å². The highest BCUT2D eigenvalue weighted by molar-refractivity contribution is 7.89. The second-order valence-corrected chi connectivity index (χ2v) is 8.07. The summed E-state index contributed by atoms with van der Waals surface area (Å²) in [5.74, 6) is -0.0730. The van der Waals surface area contributed by atoms with Crippen molar-refractivity contribution in [2.24, 2.45) is 0 Å². The molecule has 1 N–H and O–H groups in total. The number of hydrogen-bond donors (Lipinski definition) is 1. The van der Waals surface area contributed by atoms with E-state index in [-0.39, 0.29) is 30.3 Å². The molecule has 2 aliphatic heterocycles. The maximum atomic E-state index is 13.0. The summed E-state index contributed by atoms with van der Waals surface area (Å²) in [5.41, 5.74) is 1.01. The highest BCUT2D eigenvalue weighted by Crippen LogP contribution is 2.37. The molecular weight excluding hydrogens is 374 g/mol. The number of hydrogen-bond acceptors (Lipinski definition) is 6. The molecule has 2 aliphatic rings. The number of carboxylic acid groups (broad SMARTS) is 1. The number of sulfonamides is 1. The molecule has 0 unspecified atom stereocenters. The second-order valence-electron chi connectivity index (χ2n) is 6.14. The smallest absolute Gasteiger partial charge is 0.335 e. The third-order valence-electron chi connectivity index (χ3n) is 4.47. The summed E-state index contributed by atoms with van der Waals surface area (Å²) in [7, 11) is -3.83. The van der Waals surface area contributed by atoms with Crippen LogP contribution in [0.1, 0.15) is 10.4 Å². The Kier molecular flexibility index (Phi) is 4.50. The molecule has 0 spiro atoms. The number of aromatic carboxylic acids is 1. The minimum absolute atomic E-state index is 0.0584. The topological polar surface area (TPSA) is 102 Å². The Hall–Kier alpha value is -2.62. The Morgan fingerprint density at radius 3 is 2.44 bits per heavy atom. The minimum atomic E-state index is -3.83. The van der Waals surface area contributed by atoms with Gasteiger partial charge >= 0.3 is 5.97 Å². The summed E-state index contributed by atoms with van der Waals surface area (Å²) >= 11 is 0. The van der Waals surface area contributed by atoms with Crippen LogP contribution in [0.3, 0.4) is 0 Å². The highest BCUT2D eigenvalue weighted by Gasteiger charge is 2.28. The molecule has 142 valence electrons. The molecule has 27 heavy (non-hydrogen) atoms. The average molecular weight is 391 g/mol. The van der Waals surface area contributed by atoms with Crippen molar-refractivity contribution in [2.45, 2.75) is 4.90 Å². The third-order valence-corrected chi connectivity index (χ3v) is 6.34. The third kappa shape index (κ3) is 3.36. The van der Waals surface area contributed by atoms with Crippen LogP contribution in [-0.2, 0) is 14.8 Å². The fraction of sp³-hybridized carbons (Fsp3) is 0.278. The molecule has 0 aliphatic carbocycles. The number of morpholine rings is 1. The number of benzene rings is 2. The lowest BCUT2D eigenvalue weighted by atomic mass is 10.0. The molecule has 2 aromatic carbocycles. The highest BCUT2D eigenvalue weighted by atomic mass is 32.2. The van der Waals surface area contributed by atoms with E-state index in [1.807, 2.05) is 0 Å². The lowest BCUT2D eigenvalue weighted by Gasteiger charge is -2.26. The summed E-state index contributed by atoms with van der Waals surface area (Å²) in [6.07, 6.45) is 0. The molecule has 8 nitrogen and oxygen atoms in total. The first-order valence-corrected chi connectivity index (χ1v) is 9.75. The molecule has 0 radical (unpaired) electrons. The molecule has 2 heterocycles. The van der Waals surface area contributed by atoms with Crippen LogP contribution in [0.4, 0.5) is 0 Å². The van der Waals surface area contributed by atoms with Gasteiger partial charge < -0.3 is 19.3 Å². The van der Waals surface area contributed by atoms with E-state index >= 15 is 0 Å². The Morgan fingerprint density at radius 1 is 0.963 bits per heavy atom. The fourth-order valence-electron chi connectivity index (χ4n) is 3.05. The van der Waals surface area contributed by atoms with Crippen molar-refractivity contribution in [3.8, 4) is 22.6 Å². The van der Waals surface area contributed by atoms with E-state index in [2.05, 4.69) is 0 Å². The summed E-state index contributed by atoms with van der Waals surface area (Å²) in [6.45, 7) is 1.21. The number of ether oxygens (including phenoxy) is 3. The molecule has 0 atom stereocenters. The van der Waals surface area contributed by atoms with Gasteiger partial charge in [0.1, 0.15) is 0 Å². The van der Waals surface area contributed by atoms with Gasteiger partial charge in [0.05, 0.1) is 23.7 Å². The average Bonchev–Trinajstić information content (AvgIpc) is 3.16. The number of carboxylic acids is 1. The van der Waals surface area contributed by atoms with Crippen molar-refractivity contribution < 1.29 is 32.5 Å². The van der Waals surface area contributed by atoms with Crippen LogP contribution in [0.15, 0.2) is 41.3 Å². The van der Waals surface area contributed by atoms with Gasteiger partial charge in [0.15, 0.2) is 11.5 Å². The Labute approximate surface area is 155 Å². The Balaban J connectivity index is 1.80. The molecule has 0 amide bonds. The van der Waals surface area contributed by atoms with Crippen LogP contribution < -0.4 is 9.47 Å². The maximum absolute atomic E-state index is 13.0. The number of nitrogens with zero attached hydrogens (tertiary/aromatic N) is 1. The number of rotatable bonds is 4. The predicted molar refractivity (Wildman–Crippen MR) is 94.5 cm³/mol. The molecule has 0 aromatic heterocycles. The number of fused-ring (bicyclic) bond motifs is 1. The van der Waals surface area contributed by atoms with E-state index in [4.69, 9.17) is 14.2 Å². The van der Waals surface area contributed by atoms with Crippen molar-refractivity contribution in [1.29, 1.82) is 0 Å². The van der Waals surface area contributed by atoms with Crippen molar-refractivity contribution in [3.63, 3.8) is 0 Å². The normalized spacial score (nSPS) is 17.0.